The van der Waals surface area contributed by atoms with Crippen LogP contribution in [-0.4, -0.2) is 31.6 Å². The Hall–Kier alpha value is -2.14. The molecule has 1 aromatic rings. The highest BCUT2D eigenvalue weighted by Gasteiger charge is 2.24. The second kappa shape index (κ2) is 5.46. The number of benzene rings is 1. The number of carbonyl (C=O) groups is 2. The van der Waals surface area contributed by atoms with Crippen molar-refractivity contribution in [3.8, 4) is 0 Å². The third-order valence-electron chi connectivity index (χ3n) is 3.63. The van der Waals surface area contributed by atoms with Crippen molar-refractivity contribution >= 4 is 23.2 Å². The maximum absolute atomic E-state index is 11.8. The fourth-order valence-corrected chi connectivity index (χ4v) is 2.53. The zero-order valence-corrected chi connectivity index (χ0v) is 11.2. The van der Waals surface area contributed by atoms with Crippen LogP contribution in [0.5, 0.6) is 0 Å². The molecule has 20 heavy (non-hydrogen) atoms. The number of nitrogens with one attached hydrogen (secondary N) is 2. The van der Waals surface area contributed by atoms with Crippen molar-refractivity contribution < 1.29 is 9.59 Å². The van der Waals surface area contributed by atoms with Gasteiger partial charge in [0, 0.05) is 25.2 Å². The van der Waals surface area contributed by atoms with E-state index in [4.69, 9.17) is 0 Å². The maximum atomic E-state index is 11.8. The van der Waals surface area contributed by atoms with Crippen molar-refractivity contribution in [2.45, 2.75) is 12.8 Å². The molecule has 5 heteroatoms. The number of hydrogen-bond acceptors (Lipinski definition) is 3. The van der Waals surface area contributed by atoms with Gasteiger partial charge in [0.1, 0.15) is 0 Å². The van der Waals surface area contributed by atoms with Gasteiger partial charge in [0.25, 0.3) is 0 Å². The molecule has 2 aliphatic heterocycles. The molecule has 1 aromatic carbocycles. The lowest BCUT2D eigenvalue weighted by atomic mass is 10.0. The molecule has 3 rings (SSSR count). The molecule has 0 aromatic heterocycles. The van der Waals surface area contributed by atoms with Crippen LogP contribution in [-0.2, 0) is 4.79 Å². The molecule has 2 aliphatic rings. The monoisotopic (exact) mass is 271 g/mol. The van der Waals surface area contributed by atoms with Gasteiger partial charge in [-0.25, -0.2) is 4.79 Å². The van der Waals surface area contributed by atoms with E-state index >= 15 is 0 Å². The van der Waals surface area contributed by atoms with E-state index < -0.39 is 0 Å². The summed E-state index contributed by atoms with van der Waals surface area (Å²) in [6, 6.07) is 7.57. The molecule has 104 valence electrons. The molecule has 0 atom stereocenters. The molecular formula is C15H17N3O2. The summed E-state index contributed by atoms with van der Waals surface area (Å²) in [6.07, 6.45) is 3.65. The van der Waals surface area contributed by atoms with Crippen LogP contribution in [0.15, 0.2) is 30.3 Å². The van der Waals surface area contributed by atoms with Gasteiger partial charge in [-0.05, 0) is 36.2 Å². The quantitative estimate of drug-likeness (QED) is 0.857. The first kappa shape index (κ1) is 12.9. The normalized spacial score (nSPS) is 19.6. The summed E-state index contributed by atoms with van der Waals surface area (Å²) in [7, 11) is 0. The third kappa shape index (κ3) is 2.58. The van der Waals surface area contributed by atoms with Crippen molar-refractivity contribution in [3.05, 3.63) is 35.9 Å². The molecule has 1 saturated heterocycles. The Bertz CT molecular complexity index is 563. The minimum absolute atomic E-state index is 0.207. The van der Waals surface area contributed by atoms with Gasteiger partial charge in [0.15, 0.2) is 0 Å². The van der Waals surface area contributed by atoms with E-state index in [1.807, 2.05) is 24.3 Å². The van der Waals surface area contributed by atoms with E-state index in [0.717, 1.165) is 25.2 Å². The largest absolute Gasteiger partial charge is 0.328 e. The van der Waals surface area contributed by atoms with Crippen LogP contribution >= 0.6 is 0 Å². The maximum Gasteiger partial charge on any atom is 0.328 e. The Morgan fingerprint density at radius 3 is 2.55 bits per heavy atom. The number of carbonyl (C=O) groups excluding carboxylic acids is 2. The predicted molar refractivity (Wildman–Crippen MR) is 77.4 cm³/mol. The van der Waals surface area contributed by atoms with Gasteiger partial charge in [-0.2, -0.15) is 0 Å². The molecule has 0 bridgehead atoms. The van der Waals surface area contributed by atoms with Crippen LogP contribution in [0.3, 0.4) is 0 Å². The molecule has 0 spiro atoms. The summed E-state index contributed by atoms with van der Waals surface area (Å²) in [4.78, 5) is 24.5. The molecule has 0 saturated carbocycles. The second-order valence-electron chi connectivity index (χ2n) is 5.00. The topological polar surface area (TPSA) is 61.4 Å². The average Bonchev–Trinajstić information content (AvgIpc) is 2.48. The third-order valence-corrected chi connectivity index (χ3v) is 3.63. The molecule has 5 nitrogen and oxygen atoms in total. The highest BCUT2D eigenvalue weighted by atomic mass is 16.2. The Kier molecular flexibility index (Phi) is 3.52. The van der Waals surface area contributed by atoms with Crippen LogP contribution in [0.25, 0.3) is 5.57 Å². The average molecular weight is 271 g/mol. The fourth-order valence-electron chi connectivity index (χ4n) is 2.53. The highest BCUT2D eigenvalue weighted by molar-refractivity contribution is 6.05. The summed E-state index contributed by atoms with van der Waals surface area (Å²) in [5, 5.41) is 5.68. The number of anilines is 1. The lowest BCUT2D eigenvalue weighted by Crippen LogP contribution is -2.49. The number of amides is 3. The zero-order valence-electron chi connectivity index (χ0n) is 11.2. The van der Waals surface area contributed by atoms with Crippen molar-refractivity contribution in [1.29, 1.82) is 0 Å². The summed E-state index contributed by atoms with van der Waals surface area (Å²) < 4.78 is 0. The van der Waals surface area contributed by atoms with E-state index in [1.165, 1.54) is 11.1 Å². The van der Waals surface area contributed by atoms with Crippen molar-refractivity contribution in [2.75, 3.05) is 24.5 Å². The number of nitrogens with zero attached hydrogens (tertiary/aromatic N) is 1. The first-order valence-electron chi connectivity index (χ1n) is 6.85. The molecule has 0 aliphatic carbocycles. The molecular weight excluding hydrogens is 254 g/mol. The predicted octanol–water partition coefficient (Wildman–Crippen LogP) is 1.51. The molecule has 3 amide bonds. The van der Waals surface area contributed by atoms with E-state index in [9.17, 15) is 9.59 Å². The number of urea groups is 1. The molecule has 2 heterocycles. The van der Waals surface area contributed by atoms with Crippen LogP contribution in [0, 0.1) is 0 Å². The van der Waals surface area contributed by atoms with E-state index in [1.54, 1.807) is 4.90 Å². The van der Waals surface area contributed by atoms with Gasteiger partial charge in [-0.3, -0.25) is 15.0 Å². The minimum atomic E-state index is -0.340. The van der Waals surface area contributed by atoms with Gasteiger partial charge in [-0.15, -0.1) is 0 Å². The molecule has 0 unspecified atom stereocenters. The smallest absolute Gasteiger partial charge is 0.312 e. The lowest BCUT2D eigenvalue weighted by molar-refractivity contribution is -0.120. The SMILES string of the molecule is O=C1CCN(c2ccc(C3=CCCNC3)cc2)C(=O)N1. The second-order valence-corrected chi connectivity index (χ2v) is 5.00. The van der Waals surface area contributed by atoms with Gasteiger partial charge in [-0.1, -0.05) is 18.2 Å². The van der Waals surface area contributed by atoms with E-state index in [2.05, 4.69) is 16.7 Å². The minimum Gasteiger partial charge on any atom is -0.312 e. The molecule has 1 fully saturated rings. The summed E-state index contributed by atoms with van der Waals surface area (Å²) in [6.45, 7) is 2.36. The van der Waals surface area contributed by atoms with E-state index in [-0.39, 0.29) is 11.9 Å². The Labute approximate surface area is 117 Å². The fraction of sp³-hybridized carbons (Fsp3) is 0.333. The lowest BCUT2D eigenvalue weighted by Gasteiger charge is -2.26. The Balaban J connectivity index is 1.77. The van der Waals surface area contributed by atoms with Gasteiger partial charge < -0.3 is 5.32 Å². The highest BCUT2D eigenvalue weighted by Crippen LogP contribution is 2.22. The number of rotatable bonds is 2. The Morgan fingerprint density at radius 2 is 1.90 bits per heavy atom. The van der Waals surface area contributed by atoms with Crippen molar-refractivity contribution in [1.82, 2.24) is 10.6 Å². The van der Waals surface area contributed by atoms with Crippen LogP contribution < -0.4 is 15.5 Å². The first-order valence-corrected chi connectivity index (χ1v) is 6.85. The van der Waals surface area contributed by atoms with Crippen LogP contribution in [0.2, 0.25) is 0 Å². The summed E-state index contributed by atoms with van der Waals surface area (Å²) >= 11 is 0. The number of imide groups is 1. The van der Waals surface area contributed by atoms with E-state index in [0.29, 0.717) is 13.0 Å². The van der Waals surface area contributed by atoms with Crippen molar-refractivity contribution in [2.24, 2.45) is 0 Å². The Morgan fingerprint density at radius 1 is 1.10 bits per heavy atom. The van der Waals surface area contributed by atoms with Crippen LogP contribution in [0.1, 0.15) is 18.4 Å². The number of hydrogen-bond donors (Lipinski definition) is 2. The standard InChI is InChI=1S/C15H17N3O2/c19-14-7-9-18(15(20)17-14)13-5-3-11(4-6-13)12-2-1-8-16-10-12/h2-6,16H,1,7-10H2,(H,17,19,20). The van der Waals surface area contributed by atoms with Gasteiger partial charge in [0.2, 0.25) is 5.91 Å². The van der Waals surface area contributed by atoms with Gasteiger partial charge >= 0.3 is 6.03 Å². The molecule has 2 N–H and O–H groups in total. The summed E-state index contributed by atoms with van der Waals surface area (Å²) in [5.41, 5.74) is 3.29. The summed E-state index contributed by atoms with van der Waals surface area (Å²) in [5.74, 6) is -0.207. The van der Waals surface area contributed by atoms with Crippen LogP contribution in [0.4, 0.5) is 10.5 Å². The van der Waals surface area contributed by atoms with Gasteiger partial charge in [0.05, 0.1) is 0 Å². The van der Waals surface area contributed by atoms with Crippen molar-refractivity contribution in [3.63, 3.8) is 0 Å². The zero-order chi connectivity index (χ0) is 13.9. The molecule has 0 radical (unpaired) electrons. The first-order chi connectivity index (χ1) is 9.74.